The maximum absolute atomic E-state index is 9.59. The van der Waals surface area contributed by atoms with E-state index in [1.807, 2.05) is 140 Å². The van der Waals surface area contributed by atoms with Crippen LogP contribution in [0.4, 0.5) is 5.69 Å². The molecule has 0 aliphatic heterocycles. The van der Waals surface area contributed by atoms with Crippen LogP contribution in [0, 0.1) is 17.9 Å². The van der Waals surface area contributed by atoms with Crippen molar-refractivity contribution < 1.29 is 4.42 Å². The molecule has 3 aromatic heterocycles. The van der Waals surface area contributed by atoms with E-state index in [1.165, 1.54) is 0 Å². The SMILES string of the molecule is [C-]#[N+]c1ccc(-c2ccc3c4ccc(-c5ccc(C#N)cc5)cc4n(-c4ccc(-c5cccc6oc7ccccc7c56)cc4-c4nc(-c5ccccc5)nc(-c5ccccc5)n4)c3c2)cc1. The van der Waals surface area contributed by atoms with Crippen molar-refractivity contribution in [2.75, 3.05) is 0 Å². The number of hydrogen-bond donors (Lipinski definition) is 0. The molecule has 0 fully saturated rings. The minimum atomic E-state index is 0.521. The summed E-state index contributed by atoms with van der Waals surface area (Å²) < 4.78 is 8.72. The Kier molecular flexibility index (Phi) is 9.12. The van der Waals surface area contributed by atoms with Crippen molar-refractivity contribution in [3.63, 3.8) is 0 Å². The number of nitriles is 1. The Bertz CT molecular complexity index is 3760. The van der Waals surface area contributed by atoms with Gasteiger partial charge in [0.05, 0.1) is 34.9 Å². The van der Waals surface area contributed by atoms with Gasteiger partial charge in [0.2, 0.25) is 0 Å². The molecule has 0 saturated carbocycles. The Morgan fingerprint density at radius 2 is 0.985 bits per heavy atom. The van der Waals surface area contributed by atoms with Gasteiger partial charge in [0.25, 0.3) is 0 Å². The molecule has 12 rings (SSSR count). The molecule has 0 N–H and O–H groups in total. The first-order valence-corrected chi connectivity index (χ1v) is 21.6. The molecule has 306 valence electrons. The molecule has 0 atom stereocenters. The van der Waals surface area contributed by atoms with Crippen molar-refractivity contribution in [2.24, 2.45) is 0 Å². The molecule has 0 spiro atoms. The second-order valence-electron chi connectivity index (χ2n) is 16.2. The molecule has 0 bridgehead atoms. The number of benzene rings is 9. The largest absolute Gasteiger partial charge is 0.456 e. The zero-order chi connectivity index (χ0) is 44.1. The molecule has 0 aliphatic rings. The summed E-state index contributed by atoms with van der Waals surface area (Å²) in [6.07, 6.45) is 0. The molecule has 7 heteroatoms. The summed E-state index contributed by atoms with van der Waals surface area (Å²) in [6.45, 7) is 7.55. The fourth-order valence-corrected chi connectivity index (χ4v) is 9.12. The van der Waals surface area contributed by atoms with E-state index in [1.54, 1.807) is 0 Å². The third-order valence-electron chi connectivity index (χ3n) is 12.3. The van der Waals surface area contributed by atoms with Crippen LogP contribution in [0.15, 0.2) is 211 Å². The second kappa shape index (κ2) is 15.7. The first-order valence-electron chi connectivity index (χ1n) is 21.6. The number of fused-ring (bicyclic) bond motifs is 6. The number of para-hydroxylation sites is 1. The lowest BCUT2D eigenvalue weighted by molar-refractivity contribution is 0.669. The van der Waals surface area contributed by atoms with Crippen LogP contribution in [-0.4, -0.2) is 19.5 Å². The van der Waals surface area contributed by atoms with Crippen LogP contribution in [0.25, 0.3) is 122 Å². The lowest BCUT2D eigenvalue weighted by Crippen LogP contribution is -2.04. The van der Waals surface area contributed by atoms with E-state index < -0.39 is 0 Å². The zero-order valence-corrected chi connectivity index (χ0v) is 35.2. The number of hydrogen-bond acceptors (Lipinski definition) is 5. The monoisotopic (exact) mass is 842 g/mol. The fourth-order valence-electron chi connectivity index (χ4n) is 9.12. The van der Waals surface area contributed by atoms with Crippen molar-refractivity contribution in [3.05, 3.63) is 223 Å². The first kappa shape index (κ1) is 38.3. The van der Waals surface area contributed by atoms with Crippen LogP contribution in [0.3, 0.4) is 0 Å². The Morgan fingerprint density at radius 1 is 0.439 bits per heavy atom. The average molecular weight is 843 g/mol. The Morgan fingerprint density at radius 3 is 1.61 bits per heavy atom. The van der Waals surface area contributed by atoms with Crippen LogP contribution in [0.2, 0.25) is 0 Å². The van der Waals surface area contributed by atoms with Gasteiger partial charge in [-0.15, -0.1) is 0 Å². The van der Waals surface area contributed by atoms with E-state index in [-0.39, 0.29) is 0 Å². The average Bonchev–Trinajstić information content (AvgIpc) is 3.94. The molecule has 0 radical (unpaired) electrons. The molecule has 9 aromatic carbocycles. The Hall–Kier alpha value is -9.43. The molecule has 0 unspecified atom stereocenters. The van der Waals surface area contributed by atoms with Crippen molar-refractivity contribution in [1.29, 1.82) is 5.26 Å². The van der Waals surface area contributed by atoms with E-state index in [2.05, 4.69) is 82.2 Å². The summed E-state index contributed by atoms with van der Waals surface area (Å²) in [5.74, 6) is 1.65. The molecule has 0 aliphatic carbocycles. The summed E-state index contributed by atoms with van der Waals surface area (Å²) in [6, 6.07) is 71.9. The molecule has 7 nitrogen and oxygen atoms in total. The highest BCUT2D eigenvalue weighted by Gasteiger charge is 2.23. The number of nitrogens with zero attached hydrogens (tertiary/aromatic N) is 6. The highest BCUT2D eigenvalue weighted by molar-refractivity contribution is 6.14. The first-order chi connectivity index (χ1) is 32.6. The quantitative estimate of drug-likeness (QED) is 0.149. The molecular formula is C59H34N6O. The minimum Gasteiger partial charge on any atom is -0.456 e. The van der Waals surface area contributed by atoms with Crippen LogP contribution in [0.5, 0.6) is 0 Å². The fraction of sp³-hybridized carbons (Fsp3) is 0. The van der Waals surface area contributed by atoms with Crippen LogP contribution >= 0.6 is 0 Å². The highest BCUT2D eigenvalue weighted by atomic mass is 16.3. The van der Waals surface area contributed by atoms with E-state index in [0.717, 1.165) is 99.5 Å². The van der Waals surface area contributed by atoms with E-state index in [0.29, 0.717) is 28.7 Å². The molecule has 0 saturated heterocycles. The van der Waals surface area contributed by atoms with Gasteiger partial charge in [0.15, 0.2) is 23.2 Å². The van der Waals surface area contributed by atoms with Gasteiger partial charge in [-0.3, -0.25) is 0 Å². The summed E-state index contributed by atoms with van der Waals surface area (Å²) >= 11 is 0. The smallest absolute Gasteiger partial charge is 0.187 e. The van der Waals surface area contributed by atoms with Crippen LogP contribution < -0.4 is 0 Å². The molecule has 0 amide bonds. The Labute approximate surface area is 379 Å². The third kappa shape index (κ3) is 6.55. The van der Waals surface area contributed by atoms with Gasteiger partial charge < -0.3 is 8.98 Å². The van der Waals surface area contributed by atoms with Crippen LogP contribution in [0.1, 0.15) is 5.56 Å². The summed E-state index contributed by atoms with van der Waals surface area (Å²) in [5.41, 5.74) is 14.3. The summed E-state index contributed by atoms with van der Waals surface area (Å²) in [5, 5.41) is 13.8. The summed E-state index contributed by atoms with van der Waals surface area (Å²) in [7, 11) is 0. The van der Waals surface area contributed by atoms with E-state index in [9.17, 15) is 5.26 Å². The van der Waals surface area contributed by atoms with Gasteiger partial charge >= 0.3 is 0 Å². The maximum atomic E-state index is 9.59. The second-order valence-corrected chi connectivity index (χ2v) is 16.2. The normalized spacial score (nSPS) is 11.3. The van der Waals surface area contributed by atoms with Gasteiger partial charge in [-0.2, -0.15) is 5.26 Å². The number of aromatic nitrogens is 4. The molecular weight excluding hydrogens is 809 g/mol. The van der Waals surface area contributed by atoms with Crippen molar-refractivity contribution in [1.82, 2.24) is 19.5 Å². The molecule has 66 heavy (non-hydrogen) atoms. The molecule has 12 aromatic rings. The third-order valence-corrected chi connectivity index (χ3v) is 12.3. The van der Waals surface area contributed by atoms with Crippen LogP contribution in [-0.2, 0) is 0 Å². The van der Waals surface area contributed by atoms with Gasteiger partial charge in [0, 0.05) is 38.2 Å². The van der Waals surface area contributed by atoms with E-state index in [4.69, 9.17) is 25.9 Å². The van der Waals surface area contributed by atoms with Gasteiger partial charge in [-0.05, 0) is 81.9 Å². The van der Waals surface area contributed by atoms with Crippen molar-refractivity contribution in [2.45, 2.75) is 0 Å². The van der Waals surface area contributed by atoms with Crippen molar-refractivity contribution in [3.8, 4) is 79.3 Å². The Balaban J connectivity index is 1.18. The highest BCUT2D eigenvalue weighted by Crippen LogP contribution is 2.43. The minimum absolute atomic E-state index is 0.521. The number of furan rings is 1. The van der Waals surface area contributed by atoms with Crippen molar-refractivity contribution >= 4 is 49.4 Å². The van der Waals surface area contributed by atoms with E-state index >= 15 is 0 Å². The summed E-state index contributed by atoms with van der Waals surface area (Å²) in [4.78, 5) is 19.4. The van der Waals surface area contributed by atoms with Gasteiger partial charge in [-0.25, -0.2) is 19.8 Å². The lowest BCUT2D eigenvalue weighted by atomic mass is 9.96. The molecule has 3 heterocycles. The predicted octanol–water partition coefficient (Wildman–Crippen LogP) is 15.3. The maximum Gasteiger partial charge on any atom is 0.187 e. The number of rotatable bonds is 7. The van der Waals surface area contributed by atoms with Gasteiger partial charge in [0.1, 0.15) is 11.2 Å². The zero-order valence-electron chi connectivity index (χ0n) is 35.2. The predicted molar refractivity (Wildman–Crippen MR) is 265 cm³/mol. The lowest BCUT2D eigenvalue weighted by Gasteiger charge is -2.17. The topological polar surface area (TPSA) is 84.9 Å². The standard InChI is InChI=1S/C59H34N6O/c1-61-45-28-23-39(24-29-45)43-26-31-48-47-30-25-42(38-21-19-37(36-60)20-22-38)34-52(47)65(53(48)35-43)51-32-27-44(46-16-10-18-55-56(46)49-15-8-9-17-54(49)66-55)33-50(51)59-63-57(40-11-4-2-5-12-40)62-58(64-59)41-13-6-3-7-14-41/h2-35H. The van der Waals surface area contributed by atoms with Gasteiger partial charge in [-0.1, -0.05) is 158 Å².